The number of halogens is 1. The fourth-order valence-corrected chi connectivity index (χ4v) is 1.82. The van der Waals surface area contributed by atoms with Gasteiger partial charge in [0.05, 0.1) is 0 Å². The lowest BCUT2D eigenvalue weighted by molar-refractivity contribution is 0.0954. The van der Waals surface area contributed by atoms with Gasteiger partial charge in [-0.1, -0.05) is 29.8 Å². The molecule has 1 N–H and O–H groups in total. The van der Waals surface area contributed by atoms with Gasteiger partial charge in [0, 0.05) is 12.1 Å². The lowest BCUT2D eigenvalue weighted by Crippen LogP contribution is -2.25. The summed E-state index contributed by atoms with van der Waals surface area (Å²) in [5.41, 5.74) is 2.64. The van der Waals surface area contributed by atoms with E-state index in [1.54, 1.807) is 18.2 Å². The summed E-state index contributed by atoms with van der Waals surface area (Å²) in [6.07, 6.45) is 0.620. The average Bonchev–Trinajstić information content (AvgIpc) is 2.39. The summed E-state index contributed by atoms with van der Waals surface area (Å²) in [7, 11) is 0. The summed E-state index contributed by atoms with van der Waals surface area (Å²) < 4.78 is 13.0. The molecule has 2 rings (SSSR count). The van der Waals surface area contributed by atoms with Crippen LogP contribution in [0.25, 0.3) is 0 Å². The summed E-state index contributed by atoms with van der Waals surface area (Å²) in [5, 5.41) is 2.82. The number of aryl methyl sites for hydroxylation is 1. The number of hydrogen-bond acceptors (Lipinski definition) is 1. The van der Waals surface area contributed by atoms with Gasteiger partial charge in [-0.2, -0.15) is 0 Å². The number of carbonyl (C=O) groups excluding carboxylic acids is 1. The quantitative estimate of drug-likeness (QED) is 0.896. The number of benzene rings is 2. The van der Waals surface area contributed by atoms with Gasteiger partial charge in [0.2, 0.25) is 0 Å². The van der Waals surface area contributed by atoms with Crippen LogP contribution in [-0.4, -0.2) is 12.5 Å². The van der Waals surface area contributed by atoms with Crippen LogP contribution >= 0.6 is 0 Å². The topological polar surface area (TPSA) is 29.1 Å². The number of hydrogen-bond donors (Lipinski definition) is 1. The van der Waals surface area contributed by atoms with Crippen LogP contribution in [0.5, 0.6) is 0 Å². The smallest absolute Gasteiger partial charge is 0.251 e. The molecular weight excluding hydrogens is 241 g/mol. The molecule has 0 aliphatic carbocycles. The van der Waals surface area contributed by atoms with E-state index >= 15 is 0 Å². The first kappa shape index (κ1) is 13.3. The van der Waals surface area contributed by atoms with Crippen molar-refractivity contribution < 1.29 is 9.18 Å². The minimum atomic E-state index is -0.248. The minimum absolute atomic E-state index is 0.101. The molecule has 2 aromatic carbocycles. The van der Waals surface area contributed by atoms with Gasteiger partial charge in [-0.25, -0.2) is 4.39 Å². The highest BCUT2D eigenvalue weighted by atomic mass is 19.1. The van der Waals surface area contributed by atoms with Crippen LogP contribution in [0.4, 0.5) is 4.39 Å². The van der Waals surface area contributed by atoms with Gasteiger partial charge in [0.25, 0.3) is 5.91 Å². The molecule has 2 aromatic rings. The van der Waals surface area contributed by atoms with Gasteiger partial charge >= 0.3 is 0 Å². The summed E-state index contributed by atoms with van der Waals surface area (Å²) in [6.45, 7) is 2.47. The van der Waals surface area contributed by atoms with Crippen molar-refractivity contribution in [1.82, 2.24) is 5.32 Å². The van der Waals surface area contributed by atoms with E-state index in [4.69, 9.17) is 0 Å². The van der Waals surface area contributed by atoms with Gasteiger partial charge in [-0.05, 0) is 43.2 Å². The molecule has 0 aromatic heterocycles. The molecule has 19 heavy (non-hydrogen) atoms. The maximum Gasteiger partial charge on any atom is 0.251 e. The van der Waals surface area contributed by atoms with Gasteiger partial charge < -0.3 is 5.32 Å². The van der Waals surface area contributed by atoms with E-state index in [-0.39, 0.29) is 11.7 Å². The Labute approximate surface area is 112 Å². The Morgan fingerprint density at radius 3 is 2.58 bits per heavy atom. The third-order valence-corrected chi connectivity index (χ3v) is 2.90. The molecule has 0 saturated carbocycles. The molecule has 3 heteroatoms. The molecule has 0 spiro atoms. The molecule has 98 valence electrons. The predicted octanol–water partition coefficient (Wildman–Crippen LogP) is 3.11. The molecule has 0 saturated heterocycles. The van der Waals surface area contributed by atoms with E-state index in [2.05, 4.69) is 5.32 Å². The molecule has 0 bridgehead atoms. The van der Waals surface area contributed by atoms with Gasteiger partial charge in [-0.3, -0.25) is 4.79 Å². The van der Waals surface area contributed by atoms with Crippen molar-refractivity contribution in [3.63, 3.8) is 0 Å². The highest BCUT2D eigenvalue weighted by molar-refractivity contribution is 5.94. The number of carbonyl (C=O) groups is 1. The van der Waals surface area contributed by atoms with Crippen molar-refractivity contribution in [3.05, 3.63) is 71.0 Å². The van der Waals surface area contributed by atoms with Gasteiger partial charge in [-0.15, -0.1) is 0 Å². The summed E-state index contributed by atoms with van der Waals surface area (Å²) >= 11 is 0. The normalized spacial score (nSPS) is 10.2. The number of rotatable bonds is 4. The molecule has 0 aliphatic rings. The van der Waals surface area contributed by atoms with E-state index in [9.17, 15) is 9.18 Å². The zero-order valence-electron chi connectivity index (χ0n) is 10.8. The second-order valence-electron chi connectivity index (χ2n) is 4.50. The second-order valence-corrected chi connectivity index (χ2v) is 4.50. The van der Waals surface area contributed by atoms with E-state index in [1.165, 1.54) is 12.1 Å². The van der Waals surface area contributed by atoms with Crippen LogP contribution in [0, 0.1) is 12.7 Å². The van der Waals surface area contributed by atoms with Crippen molar-refractivity contribution in [2.24, 2.45) is 0 Å². The Morgan fingerprint density at radius 2 is 1.89 bits per heavy atom. The van der Waals surface area contributed by atoms with Gasteiger partial charge in [0.1, 0.15) is 5.82 Å². The Morgan fingerprint density at radius 1 is 1.16 bits per heavy atom. The molecule has 0 aliphatic heterocycles. The SMILES string of the molecule is Cc1ccc(C(=O)NCCc2cccc(F)c2)cc1. The van der Waals surface area contributed by atoms with Crippen molar-refractivity contribution in [1.29, 1.82) is 0 Å². The first-order valence-electron chi connectivity index (χ1n) is 6.24. The highest BCUT2D eigenvalue weighted by Crippen LogP contribution is 2.05. The molecule has 0 atom stereocenters. The monoisotopic (exact) mass is 257 g/mol. The second kappa shape index (κ2) is 6.14. The molecular formula is C16H16FNO. The van der Waals surface area contributed by atoms with Crippen LogP contribution < -0.4 is 5.32 Å². The zero-order chi connectivity index (χ0) is 13.7. The Balaban J connectivity index is 1.86. The van der Waals surface area contributed by atoms with Crippen molar-refractivity contribution in [2.45, 2.75) is 13.3 Å². The van der Waals surface area contributed by atoms with E-state index in [1.807, 2.05) is 25.1 Å². The third kappa shape index (κ3) is 3.91. The van der Waals surface area contributed by atoms with Crippen LogP contribution in [0.15, 0.2) is 48.5 Å². The molecule has 0 fully saturated rings. The lowest BCUT2D eigenvalue weighted by atomic mass is 10.1. The third-order valence-electron chi connectivity index (χ3n) is 2.90. The molecule has 1 amide bonds. The summed E-state index contributed by atoms with van der Waals surface area (Å²) in [5.74, 6) is -0.348. The zero-order valence-corrected chi connectivity index (χ0v) is 10.8. The maximum absolute atomic E-state index is 13.0. The largest absolute Gasteiger partial charge is 0.352 e. The maximum atomic E-state index is 13.0. The van der Waals surface area contributed by atoms with Gasteiger partial charge in [0.15, 0.2) is 0 Å². The van der Waals surface area contributed by atoms with Crippen LogP contribution in [-0.2, 0) is 6.42 Å². The van der Waals surface area contributed by atoms with Crippen LogP contribution in [0.1, 0.15) is 21.5 Å². The fourth-order valence-electron chi connectivity index (χ4n) is 1.82. The molecule has 2 nitrogen and oxygen atoms in total. The fraction of sp³-hybridized carbons (Fsp3) is 0.188. The Kier molecular flexibility index (Phi) is 4.29. The number of amides is 1. The standard InChI is InChI=1S/C16H16FNO/c1-12-5-7-14(8-6-12)16(19)18-10-9-13-3-2-4-15(17)11-13/h2-8,11H,9-10H2,1H3,(H,18,19). The average molecular weight is 257 g/mol. The first-order valence-corrected chi connectivity index (χ1v) is 6.24. The molecule has 0 radical (unpaired) electrons. The molecule has 0 unspecified atom stereocenters. The lowest BCUT2D eigenvalue weighted by Gasteiger charge is -2.06. The van der Waals surface area contributed by atoms with Crippen molar-refractivity contribution in [3.8, 4) is 0 Å². The summed E-state index contributed by atoms with van der Waals surface area (Å²) in [6, 6.07) is 13.8. The van der Waals surface area contributed by atoms with E-state index < -0.39 is 0 Å². The first-order chi connectivity index (χ1) is 9.15. The Bertz CT molecular complexity index is 563. The Hall–Kier alpha value is -2.16. The summed E-state index contributed by atoms with van der Waals surface area (Å²) in [4.78, 5) is 11.8. The van der Waals surface area contributed by atoms with Crippen LogP contribution in [0.2, 0.25) is 0 Å². The van der Waals surface area contributed by atoms with E-state index in [0.29, 0.717) is 18.5 Å². The van der Waals surface area contributed by atoms with Crippen molar-refractivity contribution >= 4 is 5.91 Å². The van der Waals surface area contributed by atoms with Crippen LogP contribution in [0.3, 0.4) is 0 Å². The van der Waals surface area contributed by atoms with Crippen molar-refractivity contribution in [2.75, 3.05) is 6.54 Å². The highest BCUT2D eigenvalue weighted by Gasteiger charge is 2.04. The molecule has 0 heterocycles. The minimum Gasteiger partial charge on any atom is -0.352 e. The predicted molar refractivity (Wildman–Crippen MR) is 73.6 cm³/mol. The number of nitrogens with one attached hydrogen (secondary N) is 1. The van der Waals surface area contributed by atoms with E-state index in [0.717, 1.165) is 11.1 Å².